The summed E-state index contributed by atoms with van der Waals surface area (Å²) in [5.41, 5.74) is 2.57. The van der Waals surface area contributed by atoms with Crippen LogP contribution in [0.4, 0.5) is 0 Å². The van der Waals surface area contributed by atoms with Crippen LogP contribution in [0.3, 0.4) is 0 Å². The Morgan fingerprint density at radius 3 is 2.63 bits per heavy atom. The minimum Gasteiger partial charge on any atom is -0.423 e. The molecule has 6 nitrogen and oxygen atoms in total. The van der Waals surface area contributed by atoms with Gasteiger partial charge in [-0.05, 0) is 30.1 Å². The smallest absolute Gasteiger partial charge is 0.423 e. The molecule has 0 aliphatic heterocycles. The Balaban J connectivity index is 1.89. The third kappa shape index (κ3) is 4.49. The summed E-state index contributed by atoms with van der Waals surface area (Å²) in [6.07, 6.45) is 2.34. The molecule has 1 heterocycles. The van der Waals surface area contributed by atoms with Crippen LogP contribution in [0.15, 0.2) is 59.0 Å². The molecule has 1 aromatic heterocycles. The molecular formula is C19H17BN2O4S. The molecule has 0 bridgehead atoms. The van der Waals surface area contributed by atoms with Crippen molar-refractivity contribution in [2.75, 3.05) is 0 Å². The predicted octanol–water partition coefficient (Wildman–Crippen LogP) is 1.14. The number of carbonyl (C=O) groups excluding carboxylic acids is 2. The lowest BCUT2D eigenvalue weighted by Crippen LogP contribution is -2.33. The number of hydrogen-bond donors (Lipinski definition) is 2. The molecule has 0 saturated heterocycles. The second-order valence-corrected chi connectivity index (χ2v) is 6.92. The van der Waals surface area contributed by atoms with Gasteiger partial charge in [0, 0.05) is 29.2 Å². The van der Waals surface area contributed by atoms with Gasteiger partial charge < -0.3 is 14.6 Å². The highest BCUT2D eigenvalue weighted by Gasteiger charge is 2.17. The fourth-order valence-corrected chi connectivity index (χ4v) is 3.32. The Hall–Kier alpha value is -2.81. The van der Waals surface area contributed by atoms with Crippen molar-refractivity contribution in [1.82, 2.24) is 4.57 Å². The molecule has 8 heteroatoms. The molecule has 0 radical (unpaired) electrons. The number of benzene rings is 2. The molecule has 0 unspecified atom stereocenters. The van der Waals surface area contributed by atoms with Crippen molar-refractivity contribution in [2.45, 2.75) is 13.5 Å². The topological polar surface area (TPSA) is 91.9 Å². The van der Waals surface area contributed by atoms with E-state index in [1.165, 1.54) is 35.1 Å². The summed E-state index contributed by atoms with van der Waals surface area (Å²) in [4.78, 5) is 28.3. The molecule has 2 aromatic carbocycles. The highest BCUT2D eigenvalue weighted by molar-refractivity contribution is 7.07. The standard InChI is InChI=1S/C19H17BN2O4S/c1-13-2-4-14(5-3-13)11-22-8-9-27-19(22)21-18(24)15-6-7-17(20(25)26)16(10-15)12-23/h2-10,12,25-26H,11H2,1H3. The van der Waals surface area contributed by atoms with E-state index in [2.05, 4.69) is 4.99 Å². The summed E-state index contributed by atoms with van der Waals surface area (Å²) in [7, 11) is -1.78. The third-order valence-corrected chi connectivity index (χ3v) is 4.86. The minimum absolute atomic E-state index is 0.0461. The normalized spacial score (nSPS) is 11.4. The molecule has 27 heavy (non-hydrogen) atoms. The second kappa shape index (κ2) is 8.26. The number of rotatable bonds is 5. The number of aryl methyl sites for hydroxylation is 1. The molecular weight excluding hydrogens is 363 g/mol. The van der Waals surface area contributed by atoms with Crippen molar-refractivity contribution >= 4 is 36.1 Å². The molecule has 1 amide bonds. The van der Waals surface area contributed by atoms with Crippen LogP contribution in [0.25, 0.3) is 0 Å². The van der Waals surface area contributed by atoms with Crippen molar-refractivity contribution in [3.05, 3.63) is 81.1 Å². The molecule has 0 atom stereocenters. The number of thiazole rings is 1. The van der Waals surface area contributed by atoms with Gasteiger partial charge in [0.05, 0.1) is 0 Å². The zero-order valence-corrected chi connectivity index (χ0v) is 15.4. The van der Waals surface area contributed by atoms with Gasteiger partial charge in [0.1, 0.15) is 6.29 Å². The fourth-order valence-electron chi connectivity index (χ4n) is 2.59. The van der Waals surface area contributed by atoms with Crippen LogP contribution in [0.1, 0.15) is 31.8 Å². The van der Waals surface area contributed by atoms with Crippen LogP contribution in [-0.4, -0.2) is 33.9 Å². The zero-order chi connectivity index (χ0) is 19.4. The minimum atomic E-state index is -1.78. The van der Waals surface area contributed by atoms with Crippen molar-refractivity contribution < 1.29 is 19.6 Å². The molecule has 2 N–H and O–H groups in total. The van der Waals surface area contributed by atoms with Gasteiger partial charge in [0.2, 0.25) is 0 Å². The maximum absolute atomic E-state index is 12.5. The van der Waals surface area contributed by atoms with E-state index in [9.17, 15) is 19.6 Å². The first kappa shape index (κ1) is 19.0. The summed E-state index contributed by atoms with van der Waals surface area (Å²) in [5.74, 6) is -0.503. The first-order valence-electron chi connectivity index (χ1n) is 8.21. The lowest BCUT2D eigenvalue weighted by atomic mass is 9.77. The molecule has 136 valence electrons. The Morgan fingerprint density at radius 2 is 1.96 bits per heavy atom. The van der Waals surface area contributed by atoms with E-state index < -0.39 is 13.0 Å². The van der Waals surface area contributed by atoms with E-state index in [0.717, 1.165) is 5.56 Å². The largest absolute Gasteiger partial charge is 0.489 e. The fraction of sp³-hybridized carbons (Fsp3) is 0.105. The van der Waals surface area contributed by atoms with Crippen LogP contribution >= 0.6 is 11.3 Å². The molecule has 3 aromatic rings. The quantitative estimate of drug-likeness (QED) is 0.513. The van der Waals surface area contributed by atoms with Crippen molar-refractivity contribution in [3.63, 3.8) is 0 Å². The van der Waals surface area contributed by atoms with Crippen molar-refractivity contribution in [1.29, 1.82) is 0 Å². The molecule has 0 spiro atoms. The molecule has 0 aliphatic carbocycles. The van der Waals surface area contributed by atoms with Gasteiger partial charge in [0.15, 0.2) is 4.80 Å². The maximum Gasteiger partial charge on any atom is 0.489 e. The van der Waals surface area contributed by atoms with Gasteiger partial charge in [-0.15, -0.1) is 11.3 Å². The third-order valence-electron chi connectivity index (χ3n) is 4.07. The van der Waals surface area contributed by atoms with E-state index in [4.69, 9.17) is 0 Å². The predicted molar refractivity (Wildman–Crippen MR) is 104 cm³/mol. The molecule has 0 fully saturated rings. The van der Waals surface area contributed by atoms with Gasteiger partial charge in [-0.25, -0.2) is 0 Å². The zero-order valence-electron chi connectivity index (χ0n) is 14.6. The summed E-state index contributed by atoms with van der Waals surface area (Å²) >= 11 is 1.34. The van der Waals surface area contributed by atoms with Gasteiger partial charge in [-0.2, -0.15) is 4.99 Å². The lowest BCUT2D eigenvalue weighted by molar-refractivity contribution is 0.0997. The number of amides is 1. The number of carbonyl (C=O) groups is 2. The van der Waals surface area contributed by atoms with Gasteiger partial charge >= 0.3 is 7.12 Å². The summed E-state index contributed by atoms with van der Waals surface area (Å²) in [5, 5.41) is 20.4. The number of aldehydes is 1. The number of nitrogens with zero attached hydrogens (tertiary/aromatic N) is 2. The lowest BCUT2D eigenvalue weighted by Gasteiger charge is -2.05. The first-order valence-corrected chi connectivity index (χ1v) is 9.09. The van der Waals surface area contributed by atoms with E-state index in [1.807, 2.05) is 47.3 Å². The monoisotopic (exact) mass is 380 g/mol. The van der Waals surface area contributed by atoms with Crippen molar-refractivity contribution in [3.8, 4) is 0 Å². The Morgan fingerprint density at radius 1 is 1.22 bits per heavy atom. The van der Waals surface area contributed by atoms with E-state index in [-0.39, 0.29) is 16.6 Å². The van der Waals surface area contributed by atoms with Gasteiger partial charge in [-0.1, -0.05) is 35.9 Å². The van der Waals surface area contributed by atoms with Crippen LogP contribution in [0, 0.1) is 6.92 Å². The molecule has 3 rings (SSSR count). The Bertz CT molecular complexity index is 1040. The highest BCUT2D eigenvalue weighted by Crippen LogP contribution is 2.07. The Kier molecular flexibility index (Phi) is 5.80. The molecule has 0 aliphatic rings. The van der Waals surface area contributed by atoms with Crippen LogP contribution in [0.5, 0.6) is 0 Å². The SMILES string of the molecule is Cc1ccc(Cn2ccsc2=NC(=O)c2ccc(B(O)O)c(C=O)c2)cc1. The summed E-state index contributed by atoms with van der Waals surface area (Å²) < 4.78 is 1.87. The highest BCUT2D eigenvalue weighted by atomic mass is 32.1. The maximum atomic E-state index is 12.5. The number of aromatic nitrogens is 1. The average molecular weight is 380 g/mol. The number of hydrogen-bond acceptors (Lipinski definition) is 5. The summed E-state index contributed by atoms with van der Waals surface area (Å²) in [6.45, 7) is 2.61. The Labute approximate surface area is 160 Å². The summed E-state index contributed by atoms with van der Waals surface area (Å²) in [6, 6.07) is 12.2. The van der Waals surface area contributed by atoms with E-state index >= 15 is 0 Å². The first-order chi connectivity index (χ1) is 13.0. The molecule has 0 saturated carbocycles. The van der Waals surface area contributed by atoms with Gasteiger partial charge in [-0.3, -0.25) is 9.59 Å². The van der Waals surface area contributed by atoms with E-state index in [1.54, 1.807) is 0 Å². The van der Waals surface area contributed by atoms with Crippen LogP contribution < -0.4 is 10.3 Å². The second-order valence-electron chi connectivity index (χ2n) is 6.05. The van der Waals surface area contributed by atoms with Crippen LogP contribution in [-0.2, 0) is 6.54 Å². The van der Waals surface area contributed by atoms with E-state index in [0.29, 0.717) is 17.6 Å². The van der Waals surface area contributed by atoms with Crippen LogP contribution in [0.2, 0.25) is 0 Å². The van der Waals surface area contributed by atoms with Crippen molar-refractivity contribution in [2.24, 2.45) is 4.99 Å². The van der Waals surface area contributed by atoms with Gasteiger partial charge in [0.25, 0.3) is 5.91 Å². The average Bonchev–Trinajstić information content (AvgIpc) is 3.09.